The van der Waals surface area contributed by atoms with Crippen molar-refractivity contribution in [1.29, 1.82) is 0 Å². The zero-order valence-electron chi connectivity index (χ0n) is 25.3. The minimum atomic E-state index is -0.482. The number of aromatic nitrogens is 4. The standard InChI is InChI=1S/C34H38N6O3/c1-22(2)26-12-7-13-27(23(3)4)30(26)37-34(42)38-31-29(24-10-6-11-25(20-24)43-5)28-14-8-15-36-32(28)40(33(31)41)18-9-17-39-19-16-35-21-39/h6-8,10-16,19-23H,9,17-18H2,1-5H3,(H2,37,38,42). The number of para-hydroxylation sites is 1. The first-order valence-electron chi connectivity index (χ1n) is 14.6. The fourth-order valence-electron chi connectivity index (χ4n) is 5.47. The Bertz CT molecular complexity index is 1760. The number of rotatable bonds is 10. The number of fused-ring (bicyclic) bond motifs is 1. The van der Waals surface area contributed by atoms with E-state index in [2.05, 4.69) is 48.3 Å². The molecule has 0 aliphatic carbocycles. The Morgan fingerprint density at radius 1 is 0.907 bits per heavy atom. The molecule has 222 valence electrons. The second-order valence-corrected chi connectivity index (χ2v) is 11.2. The third kappa shape index (κ3) is 6.30. The smallest absolute Gasteiger partial charge is 0.323 e. The van der Waals surface area contributed by atoms with Gasteiger partial charge in [0.15, 0.2) is 0 Å². The maximum atomic E-state index is 14.3. The van der Waals surface area contributed by atoms with Gasteiger partial charge in [0, 0.05) is 48.3 Å². The summed E-state index contributed by atoms with van der Waals surface area (Å²) in [6, 6.07) is 16.8. The molecular formula is C34H38N6O3. The fraction of sp³-hybridized carbons (Fsp3) is 0.294. The number of aryl methyl sites for hydroxylation is 2. The molecule has 2 aromatic carbocycles. The number of benzene rings is 2. The Kier molecular flexibility index (Phi) is 8.90. The van der Waals surface area contributed by atoms with Crippen molar-refractivity contribution in [3.63, 3.8) is 0 Å². The number of ether oxygens (including phenoxy) is 1. The molecule has 0 aliphatic heterocycles. The summed E-state index contributed by atoms with van der Waals surface area (Å²) in [5.41, 5.74) is 4.58. The minimum absolute atomic E-state index is 0.182. The lowest BCUT2D eigenvalue weighted by atomic mass is 9.93. The number of carbonyl (C=O) groups is 1. The highest BCUT2D eigenvalue weighted by Gasteiger charge is 2.23. The van der Waals surface area contributed by atoms with Crippen molar-refractivity contribution in [3.8, 4) is 16.9 Å². The molecule has 3 heterocycles. The normalized spacial score (nSPS) is 11.3. The van der Waals surface area contributed by atoms with Gasteiger partial charge in [-0.2, -0.15) is 0 Å². The van der Waals surface area contributed by atoms with Crippen LogP contribution < -0.4 is 20.9 Å². The van der Waals surface area contributed by atoms with Gasteiger partial charge >= 0.3 is 6.03 Å². The van der Waals surface area contributed by atoms with Crippen LogP contribution in [-0.2, 0) is 13.1 Å². The van der Waals surface area contributed by atoms with Crippen LogP contribution in [0.25, 0.3) is 22.2 Å². The van der Waals surface area contributed by atoms with Gasteiger partial charge in [0.1, 0.15) is 17.1 Å². The third-order valence-corrected chi connectivity index (χ3v) is 7.59. The zero-order valence-corrected chi connectivity index (χ0v) is 25.3. The van der Waals surface area contributed by atoms with Crippen LogP contribution >= 0.6 is 0 Å². The summed E-state index contributed by atoms with van der Waals surface area (Å²) in [4.78, 5) is 36.8. The summed E-state index contributed by atoms with van der Waals surface area (Å²) in [7, 11) is 1.60. The van der Waals surface area contributed by atoms with Gasteiger partial charge < -0.3 is 19.9 Å². The monoisotopic (exact) mass is 578 g/mol. The molecule has 0 fully saturated rings. The number of nitrogens with zero attached hydrogens (tertiary/aromatic N) is 4. The summed E-state index contributed by atoms with van der Waals surface area (Å²) in [6.45, 7) is 9.49. The summed E-state index contributed by atoms with van der Waals surface area (Å²) in [6.07, 6.45) is 7.73. The topological polar surface area (TPSA) is 103 Å². The lowest BCUT2D eigenvalue weighted by molar-refractivity contribution is 0.262. The van der Waals surface area contributed by atoms with E-state index in [1.54, 1.807) is 30.4 Å². The average Bonchev–Trinajstić information content (AvgIpc) is 3.52. The molecule has 2 N–H and O–H groups in total. The van der Waals surface area contributed by atoms with E-state index in [-0.39, 0.29) is 23.1 Å². The van der Waals surface area contributed by atoms with Gasteiger partial charge in [-0.05, 0) is 59.2 Å². The number of methoxy groups -OCH3 is 1. The molecule has 5 aromatic rings. The van der Waals surface area contributed by atoms with Crippen LogP contribution in [0.5, 0.6) is 5.75 Å². The first-order chi connectivity index (χ1) is 20.8. The molecule has 3 aromatic heterocycles. The molecule has 9 heteroatoms. The number of hydrogen-bond acceptors (Lipinski definition) is 5. The van der Waals surface area contributed by atoms with Crippen LogP contribution in [0.3, 0.4) is 0 Å². The number of imidazole rings is 1. The van der Waals surface area contributed by atoms with E-state index in [1.807, 2.05) is 65.4 Å². The predicted molar refractivity (Wildman–Crippen MR) is 172 cm³/mol. The van der Waals surface area contributed by atoms with Gasteiger partial charge in [-0.1, -0.05) is 58.0 Å². The molecule has 9 nitrogen and oxygen atoms in total. The summed E-state index contributed by atoms with van der Waals surface area (Å²) >= 11 is 0. The van der Waals surface area contributed by atoms with E-state index in [9.17, 15) is 9.59 Å². The van der Waals surface area contributed by atoms with E-state index in [0.717, 1.165) is 27.8 Å². The Labute approximate surface area is 251 Å². The van der Waals surface area contributed by atoms with Crippen molar-refractivity contribution in [3.05, 3.63) is 101 Å². The maximum absolute atomic E-state index is 14.3. The predicted octanol–water partition coefficient (Wildman–Crippen LogP) is 7.25. The Morgan fingerprint density at radius 2 is 1.63 bits per heavy atom. The van der Waals surface area contributed by atoms with Crippen molar-refractivity contribution in [2.45, 2.75) is 59.0 Å². The van der Waals surface area contributed by atoms with Crippen molar-refractivity contribution in [1.82, 2.24) is 19.1 Å². The SMILES string of the molecule is COc1cccc(-c2c(NC(=O)Nc3c(C(C)C)cccc3C(C)C)c(=O)n(CCCn3ccnc3)c3ncccc23)c1. The van der Waals surface area contributed by atoms with E-state index in [1.165, 1.54) is 0 Å². The Balaban J connectivity index is 1.62. The quantitative estimate of drug-likeness (QED) is 0.182. The zero-order chi connectivity index (χ0) is 30.5. The molecule has 0 bridgehead atoms. The molecule has 0 aliphatic rings. The number of amides is 2. The molecule has 0 unspecified atom stereocenters. The van der Waals surface area contributed by atoms with E-state index in [4.69, 9.17) is 4.74 Å². The van der Waals surface area contributed by atoms with Crippen molar-refractivity contribution in [2.24, 2.45) is 0 Å². The van der Waals surface area contributed by atoms with Crippen LogP contribution in [0, 0.1) is 0 Å². The number of carbonyl (C=O) groups excluding carboxylic acids is 1. The van der Waals surface area contributed by atoms with Crippen molar-refractivity contribution in [2.75, 3.05) is 17.7 Å². The van der Waals surface area contributed by atoms with E-state index < -0.39 is 6.03 Å². The second-order valence-electron chi connectivity index (χ2n) is 11.2. The van der Waals surface area contributed by atoms with Crippen molar-refractivity contribution < 1.29 is 9.53 Å². The maximum Gasteiger partial charge on any atom is 0.323 e. The van der Waals surface area contributed by atoms with Crippen LogP contribution in [0.2, 0.25) is 0 Å². The van der Waals surface area contributed by atoms with Gasteiger partial charge in [-0.15, -0.1) is 0 Å². The first kappa shape index (κ1) is 29.6. The van der Waals surface area contributed by atoms with Gasteiger partial charge in [-0.25, -0.2) is 14.8 Å². The highest BCUT2D eigenvalue weighted by atomic mass is 16.5. The molecule has 0 saturated carbocycles. The third-order valence-electron chi connectivity index (χ3n) is 7.59. The summed E-state index contributed by atoms with van der Waals surface area (Å²) in [5.74, 6) is 1.03. The summed E-state index contributed by atoms with van der Waals surface area (Å²) < 4.78 is 9.11. The van der Waals surface area contributed by atoms with Gasteiger partial charge in [0.25, 0.3) is 5.56 Å². The largest absolute Gasteiger partial charge is 0.497 e. The first-order valence-corrected chi connectivity index (χ1v) is 14.6. The molecule has 0 saturated heterocycles. The van der Waals surface area contributed by atoms with E-state index in [0.29, 0.717) is 36.5 Å². The molecular weight excluding hydrogens is 540 g/mol. The molecule has 0 radical (unpaired) electrons. The van der Waals surface area contributed by atoms with Gasteiger partial charge in [0.2, 0.25) is 0 Å². The van der Waals surface area contributed by atoms with Crippen molar-refractivity contribution >= 4 is 28.4 Å². The Morgan fingerprint density at radius 3 is 2.30 bits per heavy atom. The number of urea groups is 1. The number of pyridine rings is 2. The molecule has 43 heavy (non-hydrogen) atoms. The van der Waals surface area contributed by atoms with Crippen LogP contribution in [-0.4, -0.2) is 32.2 Å². The van der Waals surface area contributed by atoms with E-state index >= 15 is 0 Å². The molecule has 5 rings (SSSR count). The number of anilines is 2. The minimum Gasteiger partial charge on any atom is -0.497 e. The summed E-state index contributed by atoms with van der Waals surface area (Å²) in [5, 5.41) is 6.81. The Hall–Kier alpha value is -4.92. The molecule has 0 atom stereocenters. The highest BCUT2D eigenvalue weighted by molar-refractivity contribution is 6.07. The molecule has 0 spiro atoms. The van der Waals surface area contributed by atoms with Crippen LogP contribution in [0.4, 0.5) is 16.2 Å². The fourth-order valence-corrected chi connectivity index (χ4v) is 5.47. The lowest BCUT2D eigenvalue weighted by Crippen LogP contribution is -2.30. The second kappa shape index (κ2) is 12.9. The highest BCUT2D eigenvalue weighted by Crippen LogP contribution is 2.36. The lowest BCUT2D eigenvalue weighted by Gasteiger charge is -2.22. The van der Waals surface area contributed by atoms with Crippen LogP contribution in [0.1, 0.15) is 57.1 Å². The number of hydrogen-bond donors (Lipinski definition) is 2. The van der Waals surface area contributed by atoms with Crippen LogP contribution in [0.15, 0.2) is 84.3 Å². The van der Waals surface area contributed by atoms with Gasteiger partial charge in [-0.3, -0.25) is 9.36 Å². The van der Waals surface area contributed by atoms with Gasteiger partial charge in [0.05, 0.1) is 13.4 Å². The molecule has 2 amide bonds. The number of nitrogens with one attached hydrogen (secondary N) is 2. The average molecular weight is 579 g/mol.